The molecule has 0 aromatic carbocycles. The van der Waals surface area contributed by atoms with Gasteiger partial charge in [-0.05, 0) is 24.3 Å². The summed E-state index contributed by atoms with van der Waals surface area (Å²) < 4.78 is 0. The van der Waals surface area contributed by atoms with Crippen LogP contribution in [0.2, 0.25) is 0 Å². The second-order valence-electron chi connectivity index (χ2n) is 7.14. The van der Waals surface area contributed by atoms with Crippen LogP contribution in [-0.2, 0) is 10.1 Å². The van der Waals surface area contributed by atoms with E-state index in [9.17, 15) is 9.79 Å². The molecule has 0 saturated carbocycles. The van der Waals surface area contributed by atoms with Gasteiger partial charge in [-0.3, -0.25) is 0 Å². The highest BCUT2D eigenvalue weighted by molar-refractivity contribution is 8.65. The van der Waals surface area contributed by atoms with Crippen LogP contribution >= 0.6 is 41.5 Å². The lowest BCUT2D eigenvalue weighted by molar-refractivity contribution is 0.502. The van der Waals surface area contributed by atoms with Crippen molar-refractivity contribution in [2.45, 2.75) is 90.9 Å². The molecule has 166 valence electrons. The van der Waals surface area contributed by atoms with Gasteiger partial charge in [0.1, 0.15) is 0 Å². The number of thioether (sulfide) groups is 2. The summed E-state index contributed by atoms with van der Waals surface area (Å²) in [7, 11) is -0.320. The monoisotopic (exact) mass is 476 g/mol. The maximum atomic E-state index is 10.0. The van der Waals surface area contributed by atoms with Gasteiger partial charge in [0.05, 0.1) is 0 Å². The Morgan fingerprint density at radius 2 is 1.00 bits per heavy atom. The first-order chi connectivity index (χ1) is 13.0. The highest BCUT2D eigenvalue weighted by atomic mass is 32.9. The summed E-state index contributed by atoms with van der Waals surface area (Å²) in [6, 6.07) is 0. The van der Waals surface area contributed by atoms with Crippen LogP contribution in [0.4, 0.5) is 0 Å². The van der Waals surface area contributed by atoms with E-state index in [1.165, 1.54) is 88.6 Å². The molecule has 0 amide bonds. The van der Waals surface area contributed by atoms with E-state index in [0.29, 0.717) is 0 Å². The average molecular weight is 477 g/mol. The number of hydrogen-bond donors (Lipinski definition) is 3. The lowest BCUT2D eigenvalue weighted by Crippen LogP contribution is -2.08. The largest absolute Gasteiger partial charge is 0.341 e. The Bertz CT molecular complexity index is 343. The van der Waals surface area contributed by atoms with Crippen molar-refractivity contribution in [1.29, 1.82) is 0 Å². The molecule has 2 N–H and O–H groups in total. The highest BCUT2D eigenvalue weighted by Crippen LogP contribution is 2.47. The van der Waals surface area contributed by atoms with Gasteiger partial charge in [0, 0.05) is 23.0 Å². The van der Waals surface area contributed by atoms with Crippen molar-refractivity contribution in [3.05, 3.63) is 0 Å². The Morgan fingerprint density at radius 3 is 1.37 bits per heavy atom. The average Bonchev–Trinajstić information content (AvgIpc) is 2.62. The minimum Gasteiger partial charge on any atom is -0.341 e. The minimum atomic E-state index is -2.98. The molecule has 0 unspecified atom stereocenters. The van der Waals surface area contributed by atoms with Crippen LogP contribution < -0.4 is 0 Å². The van der Waals surface area contributed by atoms with Crippen molar-refractivity contribution >= 4 is 51.5 Å². The van der Waals surface area contributed by atoms with Gasteiger partial charge in [0.2, 0.25) is 0 Å². The van der Waals surface area contributed by atoms with Gasteiger partial charge in [0.25, 0.3) is 0 Å². The van der Waals surface area contributed by atoms with Crippen molar-refractivity contribution < 1.29 is 9.79 Å². The molecule has 0 heterocycles. The van der Waals surface area contributed by atoms with Crippen LogP contribution in [0.3, 0.4) is 0 Å². The van der Waals surface area contributed by atoms with Gasteiger partial charge in [-0.1, -0.05) is 90.3 Å². The molecule has 0 radical (unpaired) electrons. The topological polar surface area (TPSA) is 40.5 Å². The fourth-order valence-corrected chi connectivity index (χ4v) is 11.5. The van der Waals surface area contributed by atoms with E-state index < -0.39 is 5.69 Å². The van der Waals surface area contributed by atoms with E-state index in [1.54, 1.807) is 0 Å². The van der Waals surface area contributed by atoms with Crippen molar-refractivity contribution in [3.8, 4) is 0 Å². The van der Waals surface area contributed by atoms with Crippen molar-refractivity contribution in [2.75, 3.05) is 34.5 Å². The predicted octanol–water partition coefficient (Wildman–Crippen LogP) is 7.38. The van der Waals surface area contributed by atoms with Gasteiger partial charge >= 0.3 is 0 Å². The zero-order chi connectivity index (χ0) is 20.2. The molecule has 2 nitrogen and oxygen atoms in total. The Labute approximate surface area is 186 Å². The summed E-state index contributed by atoms with van der Waals surface area (Å²) in [4.78, 5) is 20.1. The summed E-state index contributed by atoms with van der Waals surface area (Å²) in [6.07, 6.45) is 16.1. The lowest BCUT2D eigenvalue weighted by atomic mass is 10.1. The van der Waals surface area contributed by atoms with Crippen LogP contribution in [0, 0.1) is 0 Å². The van der Waals surface area contributed by atoms with Crippen LogP contribution in [0.1, 0.15) is 90.9 Å². The van der Waals surface area contributed by atoms with Crippen LogP contribution in [0.5, 0.6) is 0 Å². The van der Waals surface area contributed by atoms with Gasteiger partial charge in [0.15, 0.2) is 5.69 Å². The summed E-state index contributed by atoms with van der Waals surface area (Å²) in [5.74, 6) is 6.36. The first-order valence-corrected chi connectivity index (χ1v) is 18.3. The third kappa shape index (κ3) is 20.8. The number of hydrogen-bond acceptors (Lipinski definition) is 2. The summed E-state index contributed by atoms with van der Waals surface area (Å²) in [5.41, 5.74) is -2.98. The maximum Gasteiger partial charge on any atom is 0.198 e. The van der Waals surface area contributed by atoms with E-state index in [4.69, 9.17) is 0 Å². The van der Waals surface area contributed by atoms with E-state index in [-0.39, 0.29) is 10.1 Å². The van der Waals surface area contributed by atoms with Crippen LogP contribution in [0.25, 0.3) is 0 Å². The molecule has 27 heavy (non-hydrogen) atoms. The smallest absolute Gasteiger partial charge is 0.198 e. The standard InChI is InChI=1S/C20H45O2PS4/c1-3-5-7-9-11-13-15-25-17-19-27(23(21,22)24)20-18-26-16-14-12-10-8-6-4-2/h21-22,24H,3-20H2,1-2H3. The molecule has 0 aliphatic heterocycles. The Hall–Kier alpha value is 1.75. The van der Waals surface area contributed by atoms with Gasteiger partial charge < -0.3 is 9.79 Å². The molecule has 0 aromatic rings. The highest BCUT2D eigenvalue weighted by Gasteiger charge is 2.11. The zero-order valence-electron chi connectivity index (χ0n) is 17.7. The first kappa shape index (κ1) is 28.8. The zero-order valence-corrected chi connectivity index (χ0v) is 22.0. The van der Waals surface area contributed by atoms with Crippen molar-refractivity contribution in [2.24, 2.45) is 0 Å². The molecule has 0 aliphatic rings. The lowest BCUT2D eigenvalue weighted by Gasteiger charge is -2.16. The van der Waals surface area contributed by atoms with Gasteiger partial charge in [-0.15, -0.1) is 10.1 Å². The maximum absolute atomic E-state index is 10.0. The third-order valence-corrected chi connectivity index (χ3v) is 14.5. The van der Waals surface area contributed by atoms with Crippen LogP contribution in [-0.4, -0.2) is 44.3 Å². The van der Waals surface area contributed by atoms with Gasteiger partial charge in [-0.2, -0.15) is 23.5 Å². The second kappa shape index (κ2) is 21.0. The second-order valence-corrected chi connectivity index (χ2v) is 17.9. The van der Waals surface area contributed by atoms with E-state index in [1.807, 2.05) is 23.5 Å². The molecule has 0 aromatic heterocycles. The normalized spacial score (nSPS) is 12.2. The summed E-state index contributed by atoms with van der Waals surface area (Å²) >= 11 is 8.11. The van der Waals surface area contributed by atoms with E-state index >= 15 is 0 Å². The first-order valence-electron chi connectivity index (χ1n) is 10.9. The van der Waals surface area contributed by atoms with Crippen LogP contribution in [0.15, 0.2) is 0 Å². The fourth-order valence-electron chi connectivity index (χ4n) is 2.83. The summed E-state index contributed by atoms with van der Waals surface area (Å²) in [6.45, 7) is 4.51. The molecule has 0 rings (SSSR count). The van der Waals surface area contributed by atoms with E-state index in [0.717, 1.165) is 23.0 Å². The Kier molecular flexibility index (Phi) is 22.4. The van der Waals surface area contributed by atoms with Gasteiger partial charge in [-0.25, -0.2) is 0 Å². The number of unbranched alkanes of at least 4 members (excludes halogenated alkanes) is 10. The number of rotatable bonds is 20. The molecule has 0 spiro atoms. The van der Waals surface area contributed by atoms with E-state index in [2.05, 4.69) is 26.1 Å². The Morgan fingerprint density at radius 1 is 0.630 bits per heavy atom. The number of thiol groups is 1. The molecule has 7 heteroatoms. The molecule has 0 aliphatic carbocycles. The summed E-state index contributed by atoms with van der Waals surface area (Å²) in [5, 5.41) is 0. The molecule has 0 fully saturated rings. The molecular formula is C20H45O2PS4. The molecule has 0 saturated heterocycles. The Balaban J connectivity index is 3.71. The third-order valence-electron chi connectivity index (χ3n) is 4.56. The molecule has 0 atom stereocenters. The quantitative estimate of drug-likeness (QED) is 0.0973. The minimum absolute atomic E-state index is 0.320. The SMILES string of the molecule is CCCCCCCCSCCS(CCSCCCCCCCC)=P(O)(O)S. The fraction of sp³-hybridized carbons (Fsp3) is 1.00. The van der Waals surface area contributed by atoms with Crippen molar-refractivity contribution in [3.63, 3.8) is 0 Å². The molecular weight excluding hydrogens is 431 g/mol. The predicted molar refractivity (Wildman–Crippen MR) is 139 cm³/mol. The van der Waals surface area contributed by atoms with Crippen molar-refractivity contribution in [1.82, 2.24) is 0 Å². The molecule has 0 bridgehead atoms.